The number of nitrogens with one attached hydrogen (secondary N) is 1. The van der Waals surface area contributed by atoms with Crippen molar-refractivity contribution in [1.29, 1.82) is 0 Å². The van der Waals surface area contributed by atoms with Crippen LogP contribution in [-0.2, 0) is 21.4 Å². The number of anilines is 1. The SMILES string of the molecule is CCOc1ccc(CNC(=O)[C@H](C)N(c2ccc(Oc3ccccc3)cc2)S(C)(=O)=O)cc1. The maximum absolute atomic E-state index is 12.8. The lowest BCUT2D eigenvalue weighted by atomic mass is 10.2. The van der Waals surface area contributed by atoms with Crippen molar-refractivity contribution in [3.63, 3.8) is 0 Å². The molecule has 0 bridgehead atoms. The minimum absolute atomic E-state index is 0.275. The summed E-state index contributed by atoms with van der Waals surface area (Å²) in [6.07, 6.45) is 1.08. The molecular weight excluding hydrogens is 440 g/mol. The highest BCUT2D eigenvalue weighted by molar-refractivity contribution is 7.92. The van der Waals surface area contributed by atoms with Gasteiger partial charge in [-0.15, -0.1) is 0 Å². The van der Waals surface area contributed by atoms with Crippen molar-refractivity contribution in [3.05, 3.63) is 84.4 Å². The molecule has 1 atom stereocenters. The smallest absolute Gasteiger partial charge is 0.243 e. The largest absolute Gasteiger partial charge is 0.494 e. The molecule has 0 radical (unpaired) electrons. The fourth-order valence-corrected chi connectivity index (χ4v) is 4.48. The van der Waals surface area contributed by atoms with Crippen molar-refractivity contribution >= 4 is 21.6 Å². The van der Waals surface area contributed by atoms with Crippen LogP contribution in [0, 0.1) is 0 Å². The van der Waals surface area contributed by atoms with E-state index in [1.54, 1.807) is 31.2 Å². The third kappa shape index (κ3) is 6.73. The van der Waals surface area contributed by atoms with Gasteiger partial charge in [-0.3, -0.25) is 9.10 Å². The molecule has 1 amide bonds. The lowest BCUT2D eigenvalue weighted by Gasteiger charge is -2.28. The summed E-state index contributed by atoms with van der Waals surface area (Å²) in [6, 6.07) is 22.3. The van der Waals surface area contributed by atoms with E-state index < -0.39 is 22.0 Å². The van der Waals surface area contributed by atoms with Gasteiger partial charge in [0, 0.05) is 6.54 Å². The summed E-state index contributed by atoms with van der Waals surface area (Å²) in [7, 11) is -3.71. The molecule has 0 saturated carbocycles. The van der Waals surface area contributed by atoms with Crippen LogP contribution < -0.4 is 19.1 Å². The van der Waals surface area contributed by atoms with Crippen LogP contribution in [-0.4, -0.2) is 33.2 Å². The average molecular weight is 469 g/mol. The van der Waals surface area contributed by atoms with E-state index in [9.17, 15) is 13.2 Å². The Hall–Kier alpha value is -3.52. The van der Waals surface area contributed by atoms with Crippen molar-refractivity contribution in [2.45, 2.75) is 26.4 Å². The van der Waals surface area contributed by atoms with Gasteiger partial charge in [0.25, 0.3) is 0 Å². The Morgan fingerprint density at radius 3 is 2.06 bits per heavy atom. The molecule has 3 rings (SSSR count). The number of rotatable bonds is 10. The highest BCUT2D eigenvalue weighted by Gasteiger charge is 2.29. The van der Waals surface area contributed by atoms with Gasteiger partial charge in [0.1, 0.15) is 23.3 Å². The summed E-state index contributed by atoms with van der Waals surface area (Å²) in [5, 5.41) is 2.81. The maximum atomic E-state index is 12.8. The van der Waals surface area contributed by atoms with Crippen LogP contribution in [0.25, 0.3) is 0 Å². The molecule has 0 fully saturated rings. The van der Waals surface area contributed by atoms with Gasteiger partial charge in [-0.1, -0.05) is 30.3 Å². The fourth-order valence-electron chi connectivity index (χ4n) is 3.30. The number of carbonyl (C=O) groups excluding carboxylic acids is 1. The van der Waals surface area contributed by atoms with E-state index in [4.69, 9.17) is 9.47 Å². The van der Waals surface area contributed by atoms with Gasteiger partial charge in [0.05, 0.1) is 18.6 Å². The zero-order valence-electron chi connectivity index (χ0n) is 18.9. The van der Waals surface area contributed by atoms with Crippen LogP contribution in [0.3, 0.4) is 0 Å². The van der Waals surface area contributed by atoms with Gasteiger partial charge in [-0.25, -0.2) is 8.42 Å². The molecular formula is C25H28N2O5S. The number of benzene rings is 3. The second-order valence-electron chi connectivity index (χ2n) is 7.44. The zero-order valence-corrected chi connectivity index (χ0v) is 19.7. The van der Waals surface area contributed by atoms with Crippen molar-refractivity contribution in [2.24, 2.45) is 0 Å². The van der Waals surface area contributed by atoms with Crippen LogP contribution >= 0.6 is 0 Å². The van der Waals surface area contributed by atoms with E-state index in [-0.39, 0.29) is 6.54 Å². The first-order valence-electron chi connectivity index (χ1n) is 10.6. The summed E-state index contributed by atoms with van der Waals surface area (Å²) in [5.74, 6) is 1.58. The Balaban J connectivity index is 1.69. The standard InChI is InChI=1S/C25H28N2O5S/c1-4-31-22-14-10-20(11-15-22)18-26-25(28)19(2)27(33(3,29)30)21-12-16-24(17-13-21)32-23-8-6-5-7-9-23/h5-17,19H,4,18H2,1-3H3,(H,26,28)/t19-/m0/s1. The van der Waals surface area contributed by atoms with Gasteiger partial charge in [-0.2, -0.15) is 0 Å². The van der Waals surface area contributed by atoms with Gasteiger partial charge in [0.2, 0.25) is 15.9 Å². The van der Waals surface area contributed by atoms with Crippen molar-refractivity contribution in [2.75, 3.05) is 17.2 Å². The minimum Gasteiger partial charge on any atom is -0.494 e. The second kappa shape index (κ2) is 10.9. The van der Waals surface area contributed by atoms with E-state index in [1.165, 1.54) is 0 Å². The van der Waals surface area contributed by atoms with Crippen LogP contribution in [0.15, 0.2) is 78.9 Å². The van der Waals surface area contributed by atoms with Gasteiger partial charge in [-0.05, 0) is 67.9 Å². The molecule has 1 N–H and O–H groups in total. The molecule has 8 heteroatoms. The number of carbonyl (C=O) groups is 1. The van der Waals surface area contributed by atoms with E-state index >= 15 is 0 Å². The molecule has 0 aliphatic rings. The molecule has 33 heavy (non-hydrogen) atoms. The third-order valence-corrected chi connectivity index (χ3v) is 6.10. The first-order chi connectivity index (χ1) is 15.8. The Kier molecular flexibility index (Phi) is 7.95. The summed E-state index contributed by atoms with van der Waals surface area (Å²) >= 11 is 0. The van der Waals surface area contributed by atoms with E-state index in [0.717, 1.165) is 21.9 Å². The molecule has 174 valence electrons. The normalized spacial score (nSPS) is 12.0. The van der Waals surface area contributed by atoms with Crippen molar-refractivity contribution in [1.82, 2.24) is 5.32 Å². The molecule has 0 heterocycles. The molecule has 3 aromatic rings. The molecule has 0 aliphatic carbocycles. The molecule has 0 saturated heterocycles. The number of para-hydroxylation sites is 1. The number of hydrogen-bond acceptors (Lipinski definition) is 5. The predicted octanol–water partition coefficient (Wildman–Crippen LogP) is 4.35. The van der Waals surface area contributed by atoms with Crippen molar-refractivity contribution < 1.29 is 22.7 Å². The molecule has 3 aromatic carbocycles. The van der Waals surface area contributed by atoms with Gasteiger partial charge < -0.3 is 14.8 Å². The highest BCUT2D eigenvalue weighted by Crippen LogP contribution is 2.27. The zero-order chi connectivity index (χ0) is 23.8. The van der Waals surface area contributed by atoms with Crippen molar-refractivity contribution in [3.8, 4) is 17.2 Å². The summed E-state index contributed by atoms with van der Waals surface area (Å²) in [5.41, 5.74) is 1.26. The number of nitrogens with zero attached hydrogens (tertiary/aromatic N) is 1. The van der Waals surface area contributed by atoms with Crippen LogP contribution in [0.4, 0.5) is 5.69 Å². The van der Waals surface area contributed by atoms with E-state index in [1.807, 2.05) is 61.5 Å². The number of sulfonamides is 1. The maximum Gasteiger partial charge on any atom is 0.243 e. The molecule has 0 unspecified atom stereocenters. The number of hydrogen-bond donors (Lipinski definition) is 1. The molecule has 0 aromatic heterocycles. The molecule has 0 spiro atoms. The minimum atomic E-state index is -3.71. The Labute approximate surface area is 195 Å². The Morgan fingerprint density at radius 1 is 0.909 bits per heavy atom. The lowest BCUT2D eigenvalue weighted by Crippen LogP contribution is -2.47. The van der Waals surface area contributed by atoms with Crippen LogP contribution in [0.5, 0.6) is 17.2 Å². The lowest BCUT2D eigenvalue weighted by molar-refractivity contribution is -0.122. The predicted molar refractivity (Wildman–Crippen MR) is 129 cm³/mol. The summed E-state index contributed by atoms with van der Waals surface area (Å²) in [4.78, 5) is 12.8. The second-order valence-corrected chi connectivity index (χ2v) is 9.30. The number of amides is 1. The summed E-state index contributed by atoms with van der Waals surface area (Å²) in [6.45, 7) is 4.32. The molecule has 7 nitrogen and oxygen atoms in total. The van der Waals surface area contributed by atoms with Gasteiger partial charge in [0.15, 0.2) is 0 Å². The monoisotopic (exact) mass is 468 g/mol. The quantitative estimate of drug-likeness (QED) is 0.478. The average Bonchev–Trinajstić information content (AvgIpc) is 2.79. The third-order valence-electron chi connectivity index (χ3n) is 4.86. The first kappa shape index (κ1) is 24.1. The van der Waals surface area contributed by atoms with E-state index in [0.29, 0.717) is 23.8 Å². The van der Waals surface area contributed by atoms with Gasteiger partial charge >= 0.3 is 0 Å². The number of ether oxygens (including phenoxy) is 2. The summed E-state index contributed by atoms with van der Waals surface area (Å²) < 4.78 is 37.3. The van der Waals surface area contributed by atoms with E-state index in [2.05, 4.69) is 5.32 Å². The van der Waals surface area contributed by atoms with Crippen LogP contribution in [0.1, 0.15) is 19.4 Å². The Morgan fingerprint density at radius 2 is 1.48 bits per heavy atom. The topological polar surface area (TPSA) is 84.9 Å². The van der Waals surface area contributed by atoms with Crippen LogP contribution in [0.2, 0.25) is 0 Å². The fraction of sp³-hybridized carbons (Fsp3) is 0.240. The highest BCUT2D eigenvalue weighted by atomic mass is 32.2. The molecule has 0 aliphatic heterocycles. The Bertz CT molecular complexity index is 1150. The first-order valence-corrected chi connectivity index (χ1v) is 12.4.